The summed E-state index contributed by atoms with van der Waals surface area (Å²) in [4.78, 5) is 4.51. The van der Waals surface area contributed by atoms with Gasteiger partial charge in [-0.05, 0) is 34.4 Å². The van der Waals surface area contributed by atoms with Crippen LogP contribution in [0.3, 0.4) is 0 Å². The highest BCUT2D eigenvalue weighted by atomic mass is 16.4. The third kappa shape index (κ3) is 3.54. The second kappa shape index (κ2) is 7.58. The largest absolute Gasteiger partial charge is 0.508 e. The van der Waals surface area contributed by atoms with E-state index in [1.54, 1.807) is 12.1 Å². The van der Waals surface area contributed by atoms with Gasteiger partial charge in [0.05, 0.1) is 11.3 Å². The molecule has 4 rings (SSSR count). The van der Waals surface area contributed by atoms with Gasteiger partial charge in [-0.3, -0.25) is 4.98 Å². The molecule has 3 aromatic carbocycles. The lowest BCUT2D eigenvalue weighted by molar-refractivity contribution is 0.424. The Bertz CT molecular complexity index is 992. The minimum absolute atomic E-state index is 0.231. The van der Waals surface area contributed by atoms with Gasteiger partial charge < -0.3 is 10.0 Å². The van der Waals surface area contributed by atoms with Crippen LogP contribution in [0, 0.1) is 0 Å². The summed E-state index contributed by atoms with van der Waals surface area (Å²) in [5, 5.41) is 19.1. The molecule has 0 saturated heterocycles. The van der Waals surface area contributed by atoms with E-state index in [1.165, 1.54) is 0 Å². The number of hydrogen-bond acceptors (Lipinski definition) is 3. The second-order valence-corrected chi connectivity index (χ2v) is 6.28. The molecule has 0 bridgehead atoms. The molecule has 0 aliphatic rings. The van der Waals surface area contributed by atoms with Gasteiger partial charge in [-0.2, -0.15) is 0 Å². The van der Waals surface area contributed by atoms with Crippen LogP contribution in [0.5, 0.6) is 0 Å². The summed E-state index contributed by atoms with van der Waals surface area (Å²) in [6, 6.07) is 31.8. The zero-order chi connectivity index (χ0) is 18.6. The van der Waals surface area contributed by atoms with Crippen molar-refractivity contribution < 1.29 is 10.0 Å². The summed E-state index contributed by atoms with van der Waals surface area (Å²) in [6.07, 6.45) is 0. The highest BCUT2D eigenvalue weighted by molar-refractivity contribution is 6.57. The Morgan fingerprint density at radius 2 is 1.07 bits per heavy atom. The number of pyridine rings is 1. The third-order valence-corrected chi connectivity index (χ3v) is 4.53. The van der Waals surface area contributed by atoms with Crippen molar-refractivity contribution in [1.29, 1.82) is 0 Å². The molecule has 0 fully saturated rings. The maximum atomic E-state index is 9.56. The zero-order valence-electron chi connectivity index (χ0n) is 14.7. The average Bonchev–Trinajstić information content (AvgIpc) is 2.74. The SMILES string of the molecule is OB(O)c1cccc(-c2c(-c3ccccc3)cccc2-c2ccccc2)n1. The lowest BCUT2D eigenvalue weighted by Gasteiger charge is -2.16. The zero-order valence-corrected chi connectivity index (χ0v) is 14.7. The van der Waals surface area contributed by atoms with Crippen LogP contribution in [0.1, 0.15) is 0 Å². The summed E-state index contributed by atoms with van der Waals surface area (Å²) in [6.45, 7) is 0. The normalized spacial score (nSPS) is 10.6. The molecule has 0 spiro atoms. The van der Waals surface area contributed by atoms with Crippen molar-refractivity contribution in [3.05, 3.63) is 97.1 Å². The van der Waals surface area contributed by atoms with E-state index in [9.17, 15) is 10.0 Å². The van der Waals surface area contributed by atoms with E-state index in [1.807, 2.05) is 48.5 Å². The first-order chi connectivity index (χ1) is 13.2. The minimum atomic E-state index is -1.60. The van der Waals surface area contributed by atoms with E-state index in [-0.39, 0.29) is 5.59 Å². The molecule has 27 heavy (non-hydrogen) atoms. The molecule has 1 heterocycles. The first-order valence-corrected chi connectivity index (χ1v) is 8.81. The van der Waals surface area contributed by atoms with Crippen molar-refractivity contribution >= 4 is 12.7 Å². The Hall–Kier alpha value is -3.21. The number of nitrogens with zero attached hydrogens (tertiary/aromatic N) is 1. The topological polar surface area (TPSA) is 53.4 Å². The van der Waals surface area contributed by atoms with Gasteiger partial charge in [0.1, 0.15) is 0 Å². The number of rotatable bonds is 4. The Morgan fingerprint density at radius 3 is 1.59 bits per heavy atom. The van der Waals surface area contributed by atoms with Gasteiger partial charge in [0.15, 0.2) is 0 Å². The van der Waals surface area contributed by atoms with Gasteiger partial charge >= 0.3 is 7.12 Å². The number of benzene rings is 3. The minimum Gasteiger partial charge on any atom is -0.422 e. The van der Waals surface area contributed by atoms with Crippen LogP contribution in [0.2, 0.25) is 0 Å². The van der Waals surface area contributed by atoms with Crippen LogP contribution < -0.4 is 5.59 Å². The molecule has 1 aromatic heterocycles. The summed E-state index contributed by atoms with van der Waals surface area (Å²) >= 11 is 0. The molecular weight excluding hydrogens is 333 g/mol. The van der Waals surface area contributed by atoms with Crippen molar-refractivity contribution in [2.24, 2.45) is 0 Å². The predicted molar refractivity (Wildman–Crippen MR) is 110 cm³/mol. The Kier molecular flexibility index (Phi) is 4.83. The summed E-state index contributed by atoms with van der Waals surface area (Å²) in [5.41, 5.74) is 6.18. The number of hydrogen-bond donors (Lipinski definition) is 2. The Balaban J connectivity index is 2.01. The first-order valence-electron chi connectivity index (χ1n) is 8.81. The van der Waals surface area contributed by atoms with Gasteiger partial charge in [0.2, 0.25) is 0 Å². The smallest absolute Gasteiger partial charge is 0.422 e. The van der Waals surface area contributed by atoms with E-state index in [0.717, 1.165) is 27.8 Å². The second-order valence-electron chi connectivity index (χ2n) is 6.28. The van der Waals surface area contributed by atoms with Crippen molar-refractivity contribution in [2.75, 3.05) is 0 Å². The molecule has 2 N–H and O–H groups in total. The highest BCUT2D eigenvalue weighted by Crippen LogP contribution is 2.38. The lowest BCUT2D eigenvalue weighted by Crippen LogP contribution is -2.32. The van der Waals surface area contributed by atoms with E-state index in [2.05, 4.69) is 41.4 Å². The lowest BCUT2D eigenvalue weighted by atomic mass is 9.84. The van der Waals surface area contributed by atoms with Crippen molar-refractivity contribution in [3.63, 3.8) is 0 Å². The first kappa shape index (κ1) is 17.2. The quantitative estimate of drug-likeness (QED) is 0.551. The number of aromatic nitrogens is 1. The fourth-order valence-corrected chi connectivity index (χ4v) is 3.28. The van der Waals surface area contributed by atoms with Crippen LogP contribution in [0.25, 0.3) is 33.5 Å². The molecule has 130 valence electrons. The van der Waals surface area contributed by atoms with Crippen LogP contribution in [-0.2, 0) is 0 Å². The molecule has 0 aliphatic heterocycles. The van der Waals surface area contributed by atoms with Crippen LogP contribution >= 0.6 is 0 Å². The van der Waals surface area contributed by atoms with Gasteiger partial charge in [0, 0.05) is 5.56 Å². The fourth-order valence-electron chi connectivity index (χ4n) is 3.28. The van der Waals surface area contributed by atoms with E-state index in [4.69, 9.17) is 0 Å². The molecular formula is C23H18BNO2. The van der Waals surface area contributed by atoms with Gasteiger partial charge in [0.25, 0.3) is 0 Å². The van der Waals surface area contributed by atoms with Crippen molar-refractivity contribution in [1.82, 2.24) is 4.98 Å². The van der Waals surface area contributed by atoms with E-state index < -0.39 is 7.12 Å². The van der Waals surface area contributed by atoms with Gasteiger partial charge in [-0.1, -0.05) is 84.9 Å². The van der Waals surface area contributed by atoms with Crippen LogP contribution in [-0.4, -0.2) is 22.2 Å². The highest BCUT2D eigenvalue weighted by Gasteiger charge is 2.18. The molecule has 0 atom stereocenters. The predicted octanol–water partition coefficient (Wildman–Crippen LogP) is 3.76. The van der Waals surface area contributed by atoms with E-state index in [0.29, 0.717) is 5.69 Å². The average molecular weight is 351 g/mol. The fraction of sp³-hybridized carbons (Fsp3) is 0. The molecule has 4 aromatic rings. The molecule has 0 radical (unpaired) electrons. The molecule has 4 heteroatoms. The van der Waals surface area contributed by atoms with Crippen LogP contribution in [0.15, 0.2) is 97.1 Å². The summed E-state index contributed by atoms with van der Waals surface area (Å²) < 4.78 is 0. The standard InChI is InChI=1S/C23H18BNO2/c26-24(27)22-16-8-15-21(25-22)23-19(17-9-3-1-4-10-17)13-7-14-20(23)18-11-5-2-6-12-18/h1-16,26-27H. The Labute approximate surface area is 158 Å². The summed E-state index contributed by atoms with van der Waals surface area (Å²) in [5.74, 6) is 0. The Morgan fingerprint density at radius 1 is 0.556 bits per heavy atom. The molecule has 3 nitrogen and oxygen atoms in total. The molecule has 0 saturated carbocycles. The monoisotopic (exact) mass is 351 g/mol. The van der Waals surface area contributed by atoms with Crippen molar-refractivity contribution in [3.8, 4) is 33.5 Å². The van der Waals surface area contributed by atoms with Crippen LogP contribution in [0.4, 0.5) is 0 Å². The summed E-state index contributed by atoms with van der Waals surface area (Å²) in [7, 11) is -1.60. The molecule has 0 unspecified atom stereocenters. The van der Waals surface area contributed by atoms with Crippen molar-refractivity contribution in [2.45, 2.75) is 0 Å². The van der Waals surface area contributed by atoms with Gasteiger partial charge in [-0.25, -0.2) is 0 Å². The third-order valence-electron chi connectivity index (χ3n) is 4.53. The van der Waals surface area contributed by atoms with Gasteiger partial charge in [-0.15, -0.1) is 0 Å². The molecule has 0 amide bonds. The van der Waals surface area contributed by atoms with E-state index >= 15 is 0 Å². The maximum Gasteiger partial charge on any atom is 0.508 e. The molecule has 0 aliphatic carbocycles. The maximum absolute atomic E-state index is 9.56.